The van der Waals surface area contributed by atoms with Crippen LogP contribution in [-0.4, -0.2) is 35.1 Å². The molecule has 0 aliphatic heterocycles. The minimum Gasteiger partial charge on any atom is -0.381 e. The summed E-state index contributed by atoms with van der Waals surface area (Å²) in [5, 5.41) is 9.59. The van der Waals surface area contributed by atoms with Gasteiger partial charge in [0.25, 0.3) is 5.91 Å². The molecule has 1 rings (SSSR count). The molecule has 1 aromatic carbocycles. The van der Waals surface area contributed by atoms with Crippen LogP contribution in [0.4, 0.5) is 4.39 Å². The minimum atomic E-state index is -1.35. The summed E-state index contributed by atoms with van der Waals surface area (Å²) in [6.45, 7) is 5.14. The first kappa shape index (κ1) is 14.6. The van der Waals surface area contributed by atoms with E-state index in [4.69, 9.17) is 0 Å². The number of hydrogen-bond acceptors (Lipinski definition) is 2. The standard InChI is InChI=1S/C14H20FNO2/c1-10-9-11(5-6-12(10)15)7-8-16(4)13(17)14(2,3)18/h5-6,9,18H,7-8H2,1-4H3. The highest BCUT2D eigenvalue weighted by atomic mass is 19.1. The Morgan fingerprint density at radius 3 is 2.56 bits per heavy atom. The Balaban J connectivity index is 2.60. The molecular weight excluding hydrogens is 233 g/mol. The number of halogens is 1. The summed E-state index contributed by atoms with van der Waals surface area (Å²) in [6.07, 6.45) is 0.638. The van der Waals surface area contributed by atoms with Crippen LogP contribution in [-0.2, 0) is 11.2 Å². The SMILES string of the molecule is Cc1cc(CCN(C)C(=O)C(C)(C)O)ccc1F. The third kappa shape index (κ3) is 3.81. The maximum Gasteiger partial charge on any atom is 0.253 e. The molecule has 0 aliphatic rings. The largest absolute Gasteiger partial charge is 0.381 e. The Morgan fingerprint density at radius 1 is 1.44 bits per heavy atom. The van der Waals surface area contributed by atoms with Gasteiger partial charge >= 0.3 is 0 Å². The van der Waals surface area contributed by atoms with Gasteiger partial charge in [-0.1, -0.05) is 12.1 Å². The smallest absolute Gasteiger partial charge is 0.253 e. The van der Waals surface area contributed by atoms with E-state index in [9.17, 15) is 14.3 Å². The van der Waals surface area contributed by atoms with Gasteiger partial charge in [0.1, 0.15) is 11.4 Å². The first-order chi connectivity index (χ1) is 8.21. The fourth-order valence-corrected chi connectivity index (χ4v) is 1.73. The van der Waals surface area contributed by atoms with Gasteiger partial charge in [-0.05, 0) is 44.4 Å². The van der Waals surface area contributed by atoms with Gasteiger partial charge in [0.2, 0.25) is 0 Å². The fraction of sp³-hybridized carbons (Fsp3) is 0.500. The van der Waals surface area contributed by atoms with Gasteiger partial charge in [-0.25, -0.2) is 4.39 Å². The van der Waals surface area contributed by atoms with Crippen LogP contribution >= 0.6 is 0 Å². The van der Waals surface area contributed by atoms with Crippen molar-refractivity contribution in [1.29, 1.82) is 0 Å². The number of carbonyl (C=O) groups is 1. The number of benzene rings is 1. The van der Waals surface area contributed by atoms with Crippen molar-refractivity contribution in [3.63, 3.8) is 0 Å². The molecule has 1 amide bonds. The Kier molecular flexibility index (Phi) is 4.46. The second-order valence-corrected chi connectivity index (χ2v) is 5.12. The van der Waals surface area contributed by atoms with E-state index < -0.39 is 5.60 Å². The molecule has 0 radical (unpaired) electrons. The third-order valence-electron chi connectivity index (χ3n) is 2.83. The molecule has 0 saturated heterocycles. The second-order valence-electron chi connectivity index (χ2n) is 5.12. The van der Waals surface area contributed by atoms with Gasteiger partial charge in [-0.3, -0.25) is 4.79 Å². The zero-order chi connectivity index (χ0) is 13.9. The third-order valence-corrected chi connectivity index (χ3v) is 2.83. The molecule has 0 spiro atoms. The number of rotatable bonds is 4. The van der Waals surface area contributed by atoms with Crippen molar-refractivity contribution in [2.24, 2.45) is 0 Å². The Hall–Kier alpha value is -1.42. The summed E-state index contributed by atoms with van der Waals surface area (Å²) in [5.41, 5.74) is 0.223. The van der Waals surface area contributed by atoms with Crippen LogP contribution in [0.25, 0.3) is 0 Å². The van der Waals surface area contributed by atoms with E-state index in [-0.39, 0.29) is 11.7 Å². The Labute approximate surface area is 107 Å². The summed E-state index contributed by atoms with van der Waals surface area (Å²) in [5.74, 6) is -0.541. The van der Waals surface area contributed by atoms with Crippen molar-refractivity contribution in [3.05, 3.63) is 35.1 Å². The quantitative estimate of drug-likeness (QED) is 0.890. The lowest BCUT2D eigenvalue weighted by Gasteiger charge is -2.25. The monoisotopic (exact) mass is 253 g/mol. The summed E-state index contributed by atoms with van der Waals surface area (Å²) in [4.78, 5) is 13.2. The van der Waals surface area contributed by atoms with Crippen molar-refractivity contribution < 1.29 is 14.3 Å². The van der Waals surface area contributed by atoms with Gasteiger partial charge in [-0.15, -0.1) is 0 Å². The zero-order valence-corrected chi connectivity index (χ0v) is 11.3. The van der Waals surface area contributed by atoms with E-state index in [1.807, 2.05) is 0 Å². The molecule has 1 N–H and O–H groups in total. The van der Waals surface area contributed by atoms with Gasteiger partial charge in [0.15, 0.2) is 0 Å². The van der Waals surface area contributed by atoms with Crippen LogP contribution in [0.15, 0.2) is 18.2 Å². The van der Waals surface area contributed by atoms with E-state index >= 15 is 0 Å². The second kappa shape index (κ2) is 5.48. The van der Waals surface area contributed by atoms with Gasteiger partial charge in [-0.2, -0.15) is 0 Å². The van der Waals surface area contributed by atoms with Crippen molar-refractivity contribution in [2.75, 3.05) is 13.6 Å². The number of carbonyl (C=O) groups excluding carboxylic acids is 1. The van der Waals surface area contributed by atoms with Crippen LogP contribution in [0, 0.1) is 12.7 Å². The normalized spacial score (nSPS) is 11.4. The molecular formula is C14H20FNO2. The van der Waals surface area contributed by atoms with Crippen molar-refractivity contribution in [3.8, 4) is 0 Å². The molecule has 0 aliphatic carbocycles. The summed E-state index contributed by atoms with van der Waals surface area (Å²) >= 11 is 0. The summed E-state index contributed by atoms with van der Waals surface area (Å²) in [7, 11) is 1.65. The molecule has 1 aromatic rings. The number of aryl methyl sites for hydroxylation is 1. The molecule has 0 bridgehead atoms. The highest BCUT2D eigenvalue weighted by Crippen LogP contribution is 2.11. The number of nitrogens with zero attached hydrogens (tertiary/aromatic N) is 1. The summed E-state index contributed by atoms with van der Waals surface area (Å²) < 4.78 is 13.1. The molecule has 0 saturated carbocycles. The van der Waals surface area contributed by atoms with Crippen molar-refractivity contribution in [2.45, 2.75) is 32.8 Å². The molecule has 0 aromatic heterocycles. The molecule has 0 atom stereocenters. The lowest BCUT2D eigenvalue weighted by Crippen LogP contribution is -2.43. The molecule has 100 valence electrons. The minimum absolute atomic E-state index is 0.223. The average Bonchev–Trinajstić information content (AvgIpc) is 2.28. The molecule has 3 nitrogen and oxygen atoms in total. The number of amides is 1. The fourth-order valence-electron chi connectivity index (χ4n) is 1.73. The predicted octanol–water partition coefficient (Wildman–Crippen LogP) is 1.91. The highest BCUT2D eigenvalue weighted by molar-refractivity contribution is 5.83. The molecule has 18 heavy (non-hydrogen) atoms. The number of likely N-dealkylation sites (N-methyl/N-ethyl adjacent to an activating group) is 1. The Morgan fingerprint density at radius 2 is 2.06 bits per heavy atom. The maximum atomic E-state index is 13.1. The van der Waals surface area contributed by atoms with Gasteiger partial charge < -0.3 is 10.0 Å². The van der Waals surface area contributed by atoms with Gasteiger partial charge in [0.05, 0.1) is 0 Å². The lowest BCUT2D eigenvalue weighted by atomic mass is 10.1. The number of aliphatic hydroxyl groups is 1. The first-order valence-corrected chi connectivity index (χ1v) is 5.95. The molecule has 0 heterocycles. The predicted molar refractivity (Wildman–Crippen MR) is 68.8 cm³/mol. The lowest BCUT2D eigenvalue weighted by molar-refractivity contribution is -0.146. The topological polar surface area (TPSA) is 40.5 Å². The molecule has 0 unspecified atom stereocenters. The zero-order valence-electron chi connectivity index (χ0n) is 11.3. The van der Waals surface area contributed by atoms with E-state index in [0.717, 1.165) is 5.56 Å². The van der Waals surface area contributed by atoms with Gasteiger partial charge in [0, 0.05) is 13.6 Å². The van der Waals surface area contributed by atoms with Crippen molar-refractivity contribution in [1.82, 2.24) is 4.90 Å². The number of hydrogen-bond donors (Lipinski definition) is 1. The van der Waals surface area contributed by atoms with E-state index in [2.05, 4.69) is 0 Å². The Bertz CT molecular complexity index is 438. The first-order valence-electron chi connectivity index (χ1n) is 5.95. The maximum absolute atomic E-state index is 13.1. The van der Waals surface area contributed by atoms with E-state index in [1.54, 1.807) is 26.1 Å². The van der Waals surface area contributed by atoms with E-state index in [0.29, 0.717) is 18.5 Å². The van der Waals surface area contributed by atoms with Crippen LogP contribution < -0.4 is 0 Å². The average molecular weight is 253 g/mol. The van der Waals surface area contributed by atoms with Crippen LogP contribution in [0.1, 0.15) is 25.0 Å². The summed E-state index contributed by atoms with van der Waals surface area (Å²) in [6, 6.07) is 4.92. The molecule has 0 fully saturated rings. The van der Waals surface area contributed by atoms with Crippen LogP contribution in [0.3, 0.4) is 0 Å². The van der Waals surface area contributed by atoms with Crippen LogP contribution in [0.2, 0.25) is 0 Å². The molecule has 4 heteroatoms. The van der Waals surface area contributed by atoms with E-state index in [1.165, 1.54) is 24.8 Å². The van der Waals surface area contributed by atoms with Crippen molar-refractivity contribution >= 4 is 5.91 Å². The highest BCUT2D eigenvalue weighted by Gasteiger charge is 2.26. The van der Waals surface area contributed by atoms with Crippen LogP contribution in [0.5, 0.6) is 0 Å².